The molecule has 116 valence electrons. The Kier molecular flexibility index (Phi) is 4.57. The Morgan fingerprint density at radius 1 is 0.957 bits per heavy atom. The van der Waals surface area contributed by atoms with Crippen molar-refractivity contribution in [3.63, 3.8) is 0 Å². The Hall–Kier alpha value is -2.81. The molecular formula is C20H19NO2. The molecule has 1 amide bonds. The predicted molar refractivity (Wildman–Crippen MR) is 92.5 cm³/mol. The minimum absolute atomic E-state index is 0.0180. The summed E-state index contributed by atoms with van der Waals surface area (Å²) in [6, 6.07) is 22.0. The Bertz CT molecular complexity index is 826. The standard InChI is InChI=1S/C20H19NO2/c1-15-5-4-6-16(11-15)13-21-20(22)14-23-19-10-9-17-7-2-3-8-18(17)12-19/h2-12H,13-14H2,1H3,(H,21,22). The highest BCUT2D eigenvalue weighted by atomic mass is 16.5. The zero-order valence-corrected chi connectivity index (χ0v) is 13.1. The zero-order valence-electron chi connectivity index (χ0n) is 13.1. The Morgan fingerprint density at radius 3 is 2.61 bits per heavy atom. The summed E-state index contributed by atoms with van der Waals surface area (Å²) in [4.78, 5) is 11.9. The lowest BCUT2D eigenvalue weighted by Crippen LogP contribution is -2.28. The molecule has 23 heavy (non-hydrogen) atoms. The van der Waals surface area contributed by atoms with Crippen molar-refractivity contribution < 1.29 is 9.53 Å². The number of ether oxygens (including phenoxy) is 1. The molecule has 0 aliphatic heterocycles. The number of nitrogens with one attached hydrogen (secondary N) is 1. The Balaban J connectivity index is 1.53. The molecule has 1 N–H and O–H groups in total. The summed E-state index contributed by atoms with van der Waals surface area (Å²) in [5, 5.41) is 5.13. The average molecular weight is 305 g/mol. The maximum atomic E-state index is 11.9. The summed E-state index contributed by atoms with van der Waals surface area (Å²) in [6.45, 7) is 2.57. The van der Waals surface area contributed by atoms with Gasteiger partial charge in [0.25, 0.3) is 5.91 Å². The first-order valence-electron chi connectivity index (χ1n) is 7.64. The van der Waals surface area contributed by atoms with Crippen LogP contribution < -0.4 is 10.1 Å². The van der Waals surface area contributed by atoms with E-state index in [4.69, 9.17) is 4.74 Å². The van der Waals surface area contributed by atoms with Gasteiger partial charge in [0.2, 0.25) is 0 Å². The molecule has 0 fully saturated rings. The van der Waals surface area contributed by atoms with Gasteiger partial charge < -0.3 is 10.1 Å². The van der Waals surface area contributed by atoms with Gasteiger partial charge in [0.1, 0.15) is 5.75 Å². The van der Waals surface area contributed by atoms with Crippen LogP contribution in [-0.2, 0) is 11.3 Å². The third-order valence-electron chi connectivity index (χ3n) is 3.66. The SMILES string of the molecule is Cc1cccc(CNC(=O)COc2ccc3ccccc3c2)c1. The van der Waals surface area contributed by atoms with Gasteiger partial charge in [0.15, 0.2) is 6.61 Å². The molecule has 3 heteroatoms. The number of aryl methyl sites for hydroxylation is 1. The maximum Gasteiger partial charge on any atom is 0.258 e. The summed E-state index contributed by atoms with van der Waals surface area (Å²) in [7, 11) is 0. The van der Waals surface area contributed by atoms with Gasteiger partial charge in [-0.2, -0.15) is 0 Å². The molecule has 0 bridgehead atoms. The van der Waals surface area contributed by atoms with Crippen molar-refractivity contribution >= 4 is 16.7 Å². The largest absolute Gasteiger partial charge is 0.484 e. The maximum absolute atomic E-state index is 11.9. The van der Waals surface area contributed by atoms with Crippen LogP contribution in [0.15, 0.2) is 66.7 Å². The molecule has 0 heterocycles. The monoisotopic (exact) mass is 305 g/mol. The second kappa shape index (κ2) is 6.97. The summed E-state index contributed by atoms with van der Waals surface area (Å²) < 4.78 is 5.58. The van der Waals surface area contributed by atoms with Gasteiger partial charge in [-0.3, -0.25) is 4.79 Å². The first-order chi connectivity index (χ1) is 11.2. The predicted octanol–water partition coefficient (Wildman–Crippen LogP) is 3.84. The number of fused-ring (bicyclic) bond motifs is 1. The third-order valence-corrected chi connectivity index (χ3v) is 3.66. The van der Waals surface area contributed by atoms with Gasteiger partial charge in [0, 0.05) is 6.54 Å². The number of rotatable bonds is 5. The van der Waals surface area contributed by atoms with Gasteiger partial charge in [-0.15, -0.1) is 0 Å². The van der Waals surface area contributed by atoms with Crippen molar-refractivity contribution in [2.24, 2.45) is 0 Å². The fraction of sp³-hybridized carbons (Fsp3) is 0.150. The van der Waals surface area contributed by atoms with Crippen LogP contribution in [0.2, 0.25) is 0 Å². The quantitative estimate of drug-likeness (QED) is 0.777. The van der Waals surface area contributed by atoms with Crippen molar-refractivity contribution in [3.05, 3.63) is 77.9 Å². The van der Waals surface area contributed by atoms with E-state index in [1.807, 2.05) is 67.6 Å². The van der Waals surface area contributed by atoms with E-state index in [1.165, 1.54) is 5.56 Å². The van der Waals surface area contributed by atoms with Crippen molar-refractivity contribution in [2.75, 3.05) is 6.61 Å². The molecule has 3 rings (SSSR count). The van der Waals surface area contributed by atoms with Crippen LogP contribution in [0.1, 0.15) is 11.1 Å². The summed E-state index contributed by atoms with van der Waals surface area (Å²) in [5.41, 5.74) is 2.27. The highest BCUT2D eigenvalue weighted by molar-refractivity contribution is 5.84. The van der Waals surface area contributed by atoms with Crippen LogP contribution in [-0.4, -0.2) is 12.5 Å². The first-order valence-corrected chi connectivity index (χ1v) is 7.64. The molecule has 0 aliphatic rings. The normalized spacial score (nSPS) is 10.5. The lowest BCUT2D eigenvalue weighted by molar-refractivity contribution is -0.123. The average Bonchev–Trinajstić information content (AvgIpc) is 2.58. The van der Waals surface area contributed by atoms with E-state index in [-0.39, 0.29) is 12.5 Å². The van der Waals surface area contributed by atoms with Crippen LogP contribution >= 0.6 is 0 Å². The fourth-order valence-corrected chi connectivity index (χ4v) is 2.48. The van der Waals surface area contributed by atoms with Crippen molar-refractivity contribution in [2.45, 2.75) is 13.5 Å². The summed E-state index contributed by atoms with van der Waals surface area (Å²) in [6.07, 6.45) is 0. The Labute approximate surface area is 135 Å². The molecule has 0 aromatic heterocycles. The number of benzene rings is 3. The third kappa shape index (κ3) is 4.10. The van der Waals surface area contributed by atoms with Crippen molar-refractivity contribution in [1.29, 1.82) is 0 Å². The zero-order chi connectivity index (χ0) is 16.1. The molecule has 0 saturated heterocycles. The lowest BCUT2D eigenvalue weighted by Gasteiger charge is -2.09. The van der Waals surface area contributed by atoms with Gasteiger partial charge >= 0.3 is 0 Å². The van der Waals surface area contributed by atoms with E-state index >= 15 is 0 Å². The van der Waals surface area contributed by atoms with Crippen LogP contribution in [0.3, 0.4) is 0 Å². The van der Waals surface area contributed by atoms with Gasteiger partial charge in [0.05, 0.1) is 0 Å². The van der Waals surface area contributed by atoms with Gasteiger partial charge in [-0.1, -0.05) is 60.2 Å². The molecule has 3 aromatic rings. The van der Waals surface area contributed by atoms with E-state index in [9.17, 15) is 4.79 Å². The topological polar surface area (TPSA) is 38.3 Å². The van der Waals surface area contributed by atoms with E-state index in [0.29, 0.717) is 12.3 Å². The molecule has 3 nitrogen and oxygen atoms in total. The highest BCUT2D eigenvalue weighted by Gasteiger charge is 2.04. The number of hydrogen-bond donors (Lipinski definition) is 1. The molecule has 3 aromatic carbocycles. The molecule has 0 saturated carbocycles. The number of carbonyl (C=O) groups excluding carboxylic acids is 1. The van der Waals surface area contributed by atoms with Crippen LogP contribution in [0.4, 0.5) is 0 Å². The molecule has 0 unspecified atom stereocenters. The summed E-state index contributed by atoms with van der Waals surface area (Å²) >= 11 is 0. The van der Waals surface area contributed by atoms with E-state index in [2.05, 4.69) is 11.4 Å². The minimum Gasteiger partial charge on any atom is -0.484 e. The van der Waals surface area contributed by atoms with Crippen molar-refractivity contribution in [1.82, 2.24) is 5.32 Å². The van der Waals surface area contributed by atoms with Gasteiger partial charge in [-0.05, 0) is 35.4 Å². The molecule has 0 aliphatic carbocycles. The van der Waals surface area contributed by atoms with Crippen LogP contribution in [0.5, 0.6) is 5.75 Å². The van der Waals surface area contributed by atoms with Crippen molar-refractivity contribution in [3.8, 4) is 5.75 Å². The number of carbonyl (C=O) groups is 1. The highest BCUT2D eigenvalue weighted by Crippen LogP contribution is 2.20. The Morgan fingerprint density at radius 2 is 1.78 bits per heavy atom. The van der Waals surface area contributed by atoms with E-state index in [1.54, 1.807) is 0 Å². The number of amides is 1. The molecule has 0 spiro atoms. The van der Waals surface area contributed by atoms with Gasteiger partial charge in [-0.25, -0.2) is 0 Å². The van der Waals surface area contributed by atoms with Crippen LogP contribution in [0, 0.1) is 6.92 Å². The lowest BCUT2D eigenvalue weighted by atomic mass is 10.1. The summed E-state index contributed by atoms with van der Waals surface area (Å²) in [5.74, 6) is 0.578. The van der Waals surface area contributed by atoms with E-state index < -0.39 is 0 Å². The second-order valence-electron chi connectivity index (χ2n) is 5.56. The van der Waals surface area contributed by atoms with Crippen LogP contribution in [0.25, 0.3) is 10.8 Å². The minimum atomic E-state index is -0.125. The van der Waals surface area contributed by atoms with E-state index in [0.717, 1.165) is 16.3 Å². The fourth-order valence-electron chi connectivity index (χ4n) is 2.48. The first kappa shape index (κ1) is 15.1. The second-order valence-corrected chi connectivity index (χ2v) is 5.56. The number of hydrogen-bond acceptors (Lipinski definition) is 2. The molecule has 0 radical (unpaired) electrons. The molecular weight excluding hydrogens is 286 g/mol. The molecule has 0 atom stereocenters. The smallest absolute Gasteiger partial charge is 0.258 e.